The zero-order valence-corrected chi connectivity index (χ0v) is 15.8. The van der Waals surface area contributed by atoms with Gasteiger partial charge in [-0.25, -0.2) is 14.4 Å². The smallest absolute Gasteiger partial charge is 0.206 e. The second-order valence-corrected chi connectivity index (χ2v) is 7.49. The van der Waals surface area contributed by atoms with Crippen molar-refractivity contribution in [3.63, 3.8) is 0 Å². The summed E-state index contributed by atoms with van der Waals surface area (Å²) in [6, 6.07) is 0. The lowest BCUT2D eigenvalue weighted by Gasteiger charge is -2.41. The van der Waals surface area contributed by atoms with E-state index in [2.05, 4.69) is 9.97 Å². The molecule has 0 bridgehead atoms. The average Bonchev–Trinajstić information content (AvgIpc) is 2.86. The predicted octanol–water partition coefficient (Wildman–Crippen LogP) is 2.03. The highest BCUT2D eigenvalue weighted by Crippen LogP contribution is 2.33. The molecule has 0 saturated carbocycles. The molecule has 7 nitrogen and oxygen atoms in total. The zero-order chi connectivity index (χ0) is 17.6. The van der Waals surface area contributed by atoms with E-state index < -0.39 is 30.4 Å². The van der Waals surface area contributed by atoms with Crippen molar-refractivity contribution >= 4 is 45.2 Å². The lowest BCUT2D eigenvalue weighted by atomic mass is 10.1. The van der Waals surface area contributed by atoms with Crippen LogP contribution >= 0.6 is 34.2 Å². The van der Waals surface area contributed by atoms with Gasteiger partial charge in [-0.15, -0.1) is 0 Å². The molecule has 3 rings (SSSR count). The molecular formula is C14H16ClFIN3O4. The predicted molar refractivity (Wildman–Crippen MR) is 92.3 cm³/mol. The second-order valence-electron chi connectivity index (χ2n) is 5.97. The van der Waals surface area contributed by atoms with Gasteiger partial charge in [0.05, 0.1) is 12.0 Å². The fourth-order valence-electron chi connectivity index (χ4n) is 2.63. The van der Waals surface area contributed by atoms with Gasteiger partial charge in [-0.05, 0) is 36.4 Å². The van der Waals surface area contributed by atoms with Crippen molar-refractivity contribution in [3.05, 3.63) is 21.2 Å². The summed E-state index contributed by atoms with van der Waals surface area (Å²) in [6.45, 7) is 3.21. The van der Waals surface area contributed by atoms with E-state index in [9.17, 15) is 14.6 Å². The van der Waals surface area contributed by atoms with E-state index in [4.69, 9.17) is 21.1 Å². The number of halogens is 3. The number of alkyl halides is 1. The molecule has 1 aliphatic rings. The van der Waals surface area contributed by atoms with Crippen molar-refractivity contribution in [2.24, 2.45) is 0 Å². The van der Waals surface area contributed by atoms with Crippen LogP contribution in [0.15, 0.2) is 12.5 Å². The molecule has 1 saturated heterocycles. The lowest BCUT2D eigenvalue weighted by Crippen LogP contribution is -2.54. The maximum atomic E-state index is 15.0. The first-order valence-electron chi connectivity index (χ1n) is 7.20. The monoisotopic (exact) mass is 471 g/mol. The van der Waals surface area contributed by atoms with Crippen molar-refractivity contribution in [1.82, 2.24) is 14.5 Å². The van der Waals surface area contributed by atoms with E-state index in [1.807, 2.05) is 22.6 Å². The molecule has 0 spiro atoms. The van der Waals surface area contributed by atoms with E-state index in [1.165, 1.54) is 12.5 Å². The fourth-order valence-corrected chi connectivity index (χ4v) is 3.82. The molecule has 0 amide bonds. The number of rotatable bonds is 3. The molecule has 2 unspecified atom stereocenters. The Hall–Kier alpha value is -0.590. The highest BCUT2D eigenvalue weighted by Gasteiger charge is 2.43. The van der Waals surface area contributed by atoms with Crippen LogP contribution in [0.5, 0.6) is 0 Å². The lowest BCUT2D eigenvalue weighted by molar-refractivity contribution is -0.324. The quantitative estimate of drug-likeness (QED) is 0.526. The summed E-state index contributed by atoms with van der Waals surface area (Å²) < 4.78 is 27.6. The molecule has 0 radical (unpaired) electrons. The van der Waals surface area contributed by atoms with E-state index in [0.29, 0.717) is 8.96 Å². The molecule has 0 aromatic carbocycles. The van der Waals surface area contributed by atoms with Gasteiger partial charge in [0.2, 0.25) is 6.30 Å². The first-order valence-corrected chi connectivity index (χ1v) is 8.65. The van der Waals surface area contributed by atoms with Crippen LogP contribution in [0, 0.1) is 3.57 Å². The minimum Gasteiger partial charge on any atom is -0.388 e. The van der Waals surface area contributed by atoms with Crippen LogP contribution < -0.4 is 0 Å². The van der Waals surface area contributed by atoms with Crippen LogP contribution in [0.3, 0.4) is 0 Å². The molecule has 3 heterocycles. The maximum absolute atomic E-state index is 15.0. The molecule has 0 aliphatic carbocycles. The number of aromatic nitrogens is 3. The first kappa shape index (κ1) is 18.2. The van der Waals surface area contributed by atoms with E-state index in [1.54, 1.807) is 13.8 Å². The first-order chi connectivity index (χ1) is 11.2. The number of aliphatic hydroxyl groups is 2. The number of nitrogens with zero attached hydrogens (tertiary/aromatic N) is 3. The van der Waals surface area contributed by atoms with Gasteiger partial charge in [-0.1, -0.05) is 11.6 Å². The summed E-state index contributed by atoms with van der Waals surface area (Å²) in [5.41, 5.74) is 0.256. The van der Waals surface area contributed by atoms with E-state index in [-0.39, 0.29) is 17.4 Å². The number of hydrogen-bond donors (Lipinski definition) is 2. The van der Waals surface area contributed by atoms with Crippen LogP contribution in [0.1, 0.15) is 20.1 Å². The Morgan fingerprint density at radius 3 is 2.92 bits per heavy atom. The summed E-state index contributed by atoms with van der Waals surface area (Å²) in [5, 5.41) is 21.1. The molecule has 1 aliphatic heterocycles. The summed E-state index contributed by atoms with van der Waals surface area (Å²) in [5.74, 6) is -1.02. The number of fused-ring (bicyclic) bond motifs is 1. The third kappa shape index (κ3) is 3.25. The van der Waals surface area contributed by atoms with Crippen LogP contribution in [-0.4, -0.2) is 55.5 Å². The van der Waals surface area contributed by atoms with Crippen LogP contribution in [-0.2, 0) is 9.47 Å². The third-order valence-electron chi connectivity index (χ3n) is 3.80. The van der Waals surface area contributed by atoms with Gasteiger partial charge in [0.25, 0.3) is 0 Å². The minimum absolute atomic E-state index is 0.0561. The van der Waals surface area contributed by atoms with Crippen LogP contribution in [0.4, 0.5) is 4.39 Å². The van der Waals surface area contributed by atoms with Crippen molar-refractivity contribution in [2.45, 2.75) is 44.2 Å². The van der Waals surface area contributed by atoms with Crippen molar-refractivity contribution < 1.29 is 24.1 Å². The maximum Gasteiger partial charge on any atom is 0.206 e. The number of aliphatic hydroxyl groups excluding tert-OH is 2. The Bertz CT molecular complexity index is 759. The largest absolute Gasteiger partial charge is 0.388 e. The highest BCUT2D eigenvalue weighted by atomic mass is 127. The summed E-state index contributed by atoms with van der Waals surface area (Å²) in [4.78, 5) is 7.92. The summed E-state index contributed by atoms with van der Waals surface area (Å²) in [7, 11) is 0. The Kier molecular flexibility index (Phi) is 5.02. The van der Waals surface area contributed by atoms with Crippen LogP contribution in [0.25, 0.3) is 11.0 Å². The Balaban J connectivity index is 1.94. The van der Waals surface area contributed by atoms with E-state index in [0.717, 1.165) is 4.57 Å². The Morgan fingerprint density at radius 1 is 1.50 bits per heavy atom. The van der Waals surface area contributed by atoms with Gasteiger partial charge in [-0.3, -0.25) is 4.57 Å². The normalized spacial score (nSPS) is 26.5. The molecular weight excluding hydrogens is 456 g/mol. The molecule has 2 aromatic heterocycles. The topological polar surface area (TPSA) is 89.6 Å². The molecule has 10 heteroatoms. The minimum atomic E-state index is -1.89. The molecule has 4 atom stereocenters. The number of hydrogen-bond acceptors (Lipinski definition) is 6. The van der Waals surface area contributed by atoms with E-state index >= 15 is 0 Å². The third-order valence-corrected chi connectivity index (χ3v) is 4.91. The number of ether oxygens (including phenoxy) is 2. The SMILES string of the molecule is CC1(C)OCC(O)[C@H](C(O)[C@@H](F)n2cc(I)c3c(Cl)ncnc32)O1. The van der Waals surface area contributed by atoms with Gasteiger partial charge in [0.1, 0.15) is 35.4 Å². The van der Waals surface area contributed by atoms with Gasteiger partial charge in [-0.2, -0.15) is 0 Å². The van der Waals surface area contributed by atoms with Crippen molar-refractivity contribution in [3.8, 4) is 0 Å². The second kappa shape index (κ2) is 6.61. The molecule has 2 N–H and O–H groups in total. The van der Waals surface area contributed by atoms with Crippen LogP contribution in [0.2, 0.25) is 5.15 Å². The Labute approximate surface area is 155 Å². The Morgan fingerprint density at radius 2 is 2.21 bits per heavy atom. The standard InChI is InChI=1S/C14H16ClFIN3O4/c1-14(2)23-4-7(21)10(24-14)9(22)12(16)20-3-6(17)8-11(15)18-5-19-13(8)20/h3,5,7,9-10,12,21-22H,4H2,1-2H3/t7?,9?,10-,12+/m1/s1. The molecule has 132 valence electrons. The van der Waals surface area contributed by atoms with Gasteiger partial charge in [0.15, 0.2) is 5.79 Å². The molecule has 24 heavy (non-hydrogen) atoms. The highest BCUT2D eigenvalue weighted by molar-refractivity contribution is 14.1. The van der Waals surface area contributed by atoms with Gasteiger partial charge >= 0.3 is 0 Å². The zero-order valence-electron chi connectivity index (χ0n) is 12.9. The van der Waals surface area contributed by atoms with Crippen molar-refractivity contribution in [1.29, 1.82) is 0 Å². The summed E-state index contributed by atoms with van der Waals surface area (Å²) in [6.07, 6.45) is -3.10. The van der Waals surface area contributed by atoms with Gasteiger partial charge < -0.3 is 19.7 Å². The average molecular weight is 472 g/mol. The molecule has 1 fully saturated rings. The fraction of sp³-hybridized carbons (Fsp3) is 0.571. The summed E-state index contributed by atoms with van der Waals surface area (Å²) >= 11 is 8.02. The molecule has 2 aromatic rings. The van der Waals surface area contributed by atoms with Gasteiger partial charge in [0, 0.05) is 9.77 Å². The van der Waals surface area contributed by atoms with Crippen molar-refractivity contribution in [2.75, 3.05) is 6.61 Å².